The average Bonchev–Trinajstić information content (AvgIpc) is 3.00. The summed E-state index contributed by atoms with van der Waals surface area (Å²) in [6, 6.07) is 21.8. The quantitative estimate of drug-likeness (QED) is 0.278. The number of nitrogens with one attached hydrogen (secondary N) is 1. The molecule has 1 saturated carbocycles. The van der Waals surface area contributed by atoms with Crippen LogP contribution in [0, 0.1) is 0 Å². The summed E-state index contributed by atoms with van der Waals surface area (Å²) in [6.07, 6.45) is -2.12. The summed E-state index contributed by atoms with van der Waals surface area (Å²) in [5, 5.41) is 20.8. The van der Waals surface area contributed by atoms with E-state index in [1.54, 1.807) is 0 Å². The second-order valence-electron chi connectivity index (χ2n) is 10.7. The van der Waals surface area contributed by atoms with Gasteiger partial charge in [-0.05, 0) is 55.5 Å². The number of halogens is 3. The second-order valence-corrected chi connectivity index (χ2v) is 10.7. The minimum Gasteiger partial charge on any atom is -0.382 e. The molecular formula is C31H35F3N4O4. The summed E-state index contributed by atoms with van der Waals surface area (Å²) in [7, 11) is 0. The van der Waals surface area contributed by atoms with Crippen LogP contribution < -0.4 is 15.4 Å². The Morgan fingerprint density at radius 1 is 0.905 bits per heavy atom. The smallest absolute Gasteiger partial charge is 0.382 e. The number of ether oxygens (including phenoxy) is 1. The largest absolute Gasteiger partial charge is 0.418 e. The Hall–Kier alpha value is -3.80. The molecule has 3 aromatic rings. The third-order valence-electron chi connectivity index (χ3n) is 7.97. The van der Waals surface area contributed by atoms with E-state index in [1.807, 2.05) is 35.2 Å². The zero-order valence-corrected chi connectivity index (χ0v) is 23.1. The molecule has 224 valence electrons. The van der Waals surface area contributed by atoms with Gasteiger partial charge in [0.25, 0.3) is 0 Å². The Labute approximate surface area is 242 Å². The standard InChI is InChI=1S/C31H35F3N4O4/c32-31(33,34)27-20-24(12-15-29(27)38(40)41)35-23-10-13-25(14-11-23)42-21-30(39)37-18-16-36(17-19-37)28-9-5-4-8-26(28)22-6-2-1-3-7-22/h1-9,12,15,20,23,25,35,40-41H,10-11,13-14,16-19,21H2. The lowest BCUT2D eigenvalue weighted by Gasteiger charge is -2.37. The highest BCUT2D eigenvalue weighted by Gasteiger charge is 2.35. The van der Waals surface area contributed by atoms with Crippen molar-refractivity contribution in [3.05, 3.63) is 78.4 Å². The molecule has 0 bridgehead atoms. The first-order valence-electron chi connectivity index (χ1n) is 14.1. The summed E-state index contributed by atoms with van der Waals surface area (Å²) in [5.74, 6) is -0.0344. The van der Waals surface area contributed by atoms with Crippen molar-refractivity contribution >= 4 is 23.0 Å². The van der Waals surface area contributed by atoms with Gasteiger partial charge in [0.05, 0.1) is 11.7 Å². The minimum absolute atomic E-state index is 0.0125. The normalized spacial score (nSPS) is 19.5. The SMILES string of the molecule is O=C(COC1CCC(Nc2ccc(N(O)O)c(C(F)(F)F)c2)CC1)N1CCN(c2ccccc2-c2ccccc2)CC1. The number of amides is 1. The van der Waals surface area contributed by atoms with Crippen molar-refractivity contribution in [3.8, 4) is 11.1 Å². The molecule has 1 aliphatic carbocycles. The summed E-state index contributed by atoms with van der Waals surface area (Å²) in [5.41, 5.74) is 1.85. The van der Waals surface area contributed by atoms with Crippen LogP contribution in [0.2, 0.25) is 0 Å². The van der Waals surface area contributed by atoms with E-state index in [0.29, 0.717) is 38.8 Å². The van der Waals surface area contributed by atoms with E-state index in [1.165, 1.54) is 11.6 Å². The number of anilines is 3. The number of carbonyl (C=O) groups excluding carboxylic acids is 1. The maximum Gasteiger partial charge on any atom is 0.418 e. The molecule has 2 fully saturated rings. The van der Waals surface area contributed by atoms with Crippen LogP contribution in [0.5, 0.6) is 0 Å². The fourth-order valence-corrected chi connectivity index (χ4v) is 5.73. The first-order valence-corrected chi connectivity index (χ1v) is 14.1. The molecule has 8 nitrogen and oxygen atoms in total. The number of piperazine rings is 1. The minimum atomic E-state index is -4.74. The molecule has 5 rings (SSSR count). The number of carbonyl (C=O) groups is 1. The third-order valence-corrected chi connectivity index (χ3v) is 7.97. The molecular weight excluding hydrogens is 549 g/mol. The van der Waals surface area contributed by atoms with Crippen LogP contribution in [-0.4, -0.2) is 66.2 Å². The maximum atomic E-state index is 13.4. The van der Waals surface area contributed by atoms with Gasteiger partial charge in [-0.3, -0.25) is 15.2 Å². The average molecular weight is 585 g/mol. The topological polar surface area (TPSA) is 88.5 Å². The molecule has 0 aromatic heterocycles. The molecule has 1 aliphatic heterocycles. The van der Waals surface area contributed by atoms with Crippen molar-refractivity contribution in [2.75, 3.05) is 48.2 Å². The predicted molar refractivity (Wildman–Crippen MR) is 154 cm³/mol. The molecule has 0 unspecified atom stereocenters. The van der Waals surface area contributed by atoms with Crippen LogP contribution in [0.25, 0.3) is 11.1 Å². The molecule has 0 spiro atoms. The Kier molecular flexibility index (Phi) is 9.20. The highest BCUT2D eigenvalue weighted by Crippen LogP contribution is 2.38. The van der Waals surface area contributed by atoms with Crippen LogP contribution >= 0.6 is 0 Å². The van der Waals surface area contributed by atoms with Crippen molar-refractivity contribution in [2.24, 2.45) is 0 Å². The van der Waals surface area contributed by atoms with Crippen molar-refractivity contribution < 1.29 is 33.1 Å². The predicted octanol–water partition coefficient (Wildman–Crippen LogP) is 6.05. The van der Waals surface area contributed by atoms with Crippen LogP contribution in [0.4, 0.5) is 30.2 Å². The summed E-state index contributed by atoms with van der Waals surface area (Å²) in [6.45, 7) is 2.71. The first-order chi connectivity index (χ1) is 20.2. The molecule has 0 radical (unpaired) electrons. The van der Waals surface area contributed by atoms with Crippen LogP contribution in [0.1, 0.15) is 31.2 Å². The van der Waals surface area contributed by atoms with E-state index in [2.05, 4.69) is 34.5 Å². The van der Waals surface area contributed by atoms with Gasteiger partial charge in [-0.15, -0.1) is 5.23 Å². The Morgan fingerprint density at radius 3 is 2.24 bits per heavy atom. The molecule has 1 heterocycles. The van der Waals surface area contributed by atoms with Gasteiger partial charge in [0.15, 0.2) is 0 Å². The van der Waals surface area contributed by atoms with E-state index < -0.39 is 22.7 Å². The molecule has 1 amide bonds. The lowest BCUT2D eigenvalue weighted by atomic mass is 9.92. The van der Waals surface area contributed by atoms with Crippen molar-refractivity contribution in [1.82, 2.24) is 4.90 Å². The molecule has 11 heteroatoms. The van der Waals surface area contributed by atoms with Crippen molar-refractivity contribution in [1.29, 1.82) is 0 Å². The second kappa shape index (κ2) is 13.0. The molecule has 3 aromatic carbocycles. The molecule has 0 atom stereocenters. The Bertz CT molecular complexity index is 1340. The van der Waals surface area contributed by atoms with Crippen molar-refractivity contribution in [2.45, 2.75) is 44.0 Å². The van der Waals surface area contributed by atoms with Gasteiger partial charge in [0, 0.05) is 49.2 Å². The lowest BCUT2D eigenvalue weighted by Crippen LogP contribution is -2.50. The molecule has 42 heavy (non-hydrogen) atoms. The van der Waals surface area contributed by atoms with Gasteiger partial charge in [0.1, 0.15) is 12.3 Å². The summed E-state index contributed by atoms with van der Waals surface area (Å²) in [4.78, 5) is 17.1. The van der Waals surface area contributed by atoms with E-state index in [-0.39, 0.29) is 30.3 Å². The van der Waals surface area contributed by atoms with Gasteiger partial charge < -0.3 is 19.9 Å². The maximum absolute atomic E-state index is 13.4. The van der Waals surface area contributed by atoms with E-state index in [9.17, 15) is 18.0 Å². The van der Waals surface area contributed by atoms with E-state index in [4.69, 9.17) is 15.2 Å². The fraction of sp³-hybridized carbons (Fsp3) is 0.387. The van der Waals surface area contributed by atoms with E-state index >= 15 is 0 Å². The number of hydrogen-bond acceptors (Lipinski definition) is 7. The van der Waals surface area contributed by atoms with Gasteiger partial charge in [-0.2, -0.15) is 13.2 Å². The third kappa shape index (κ3) is 7.15. The molecule has 1 saturated heterocycles. The van der Waals surface area contributed by atoms with Crippen molar-refractivity contribution in [3.63, 3.8) is 0 Å². The molecule has 2 aliphatic rings. The zero-order chi connectivity index (χ0) is 29.7. The summed E-state index contributed by atoms with van der Waals surface area (Å²) >= 11 is 0. The van der Waals surface area contributed by atoms with Gasteiger partial charge in [-0.1, -0.05) is 48.5 Å². The molecule has 3 N–H and O–H groups in total. The first kappa shape index (κ1) is 29.7. The number of para-hydroxylation sites is 1. The van der Waals surface area contributed by atoms with Gasteiger partial charge in [0.2, 0.25) is 5.91 Å². The number of nitrogens with zero attached hydrogens (tertiary/aromatic N) is 3. The van der Waals surface area contributed by atoms with Crippen LogP contribution in [0.15, 0.2) is 72.8 Å². The fourth-order valence-electron chi connectivity index (χ4n) is 5.73. The highest BCUT2D eigenvalue weighted by atomic mass is 19.4. The lowest BCUT2D eigenvalue weighted by molar-refractivity contribution is -0.139. The summed E-state index contributed by atoms with van der Waals surface area (Å²) < 4.78 is 46.0. The number of hydrogen-bond donors (Lipinski definition) is 3. The van der Waals surface area contributed by atoms with Gasteiger partial charge in [-0.25, -0.2) is 0 Å². The Balaban J connectivity index is 1.07. The number of rotatable bonds is 8. The van der Waals surface area contributed by atoms with Gasteiger partial charge >= 0.3 is 6.18 Å². The number of alkyl halides is 3. The van der Waals surface area contributed by atoms with Crippen LogP contribution in [-0.2, 0) is 15.7 Å². The van der Waals surface area contributed by atoms with Crippen LogP contribution in [0.3, 0.4) is 0 Å². The zero-order valence-electron chi connectivity index (χ0n) is 23.1. The number of benzene rings is 3. The Morgan fingerprint density at radius 2 is 1.57 bits per heavy atom. The van der Waals surface area contributed by atoms with E-state index in [0.717, 1.165) is 36.5 Å². The highest BCUT2D eigenvalue weighted by molar-refractivity contribution is 5.80. The monoisotopic (exact) mass is 584 g/mol.